The first kappa shape index (κ1) is 30.4. The molecule has 7 heteroatoms. The van der Waals surface area contributed by atoms with Crippen LogP contribution in [0.3, 0.4) is 0 Å². The highest BCUT2D eigenvalue weighted by Gasteiger charge is 2.27. The molecule has 0 amide bonds. The van der Waals surface area contributed by atoms with Crippen LogP contribution in [0, 0.1) is 13.8 Å². The van der Waals surface area contributed by atoms with E-state index in [2.05, 4.69) is 38.3 Å². The van der Waals surface area contributed by atoms with Crippen molar-refractivity contribution in [2.45, 2.75) is 46.3 Å². The summed E-state index contributed by atoms with van der Waals surface area (Å²) in [6.07, 6.45) is 3.08. The van der Waals surface area contributed by atoms with Gasteiger partial charge in [-0.05, 0) is 103 Å². The molecule has 0 N–H and O–H groups in total. The van der Waals surface area contributed by atoms with Gasteiger partial charge in [-0.25, -0.2) is 0 Å². The number of hydrogen-bond donors (Lipinski definition) is 0. The molecule has 0 saturated heterocycles. The summed E-state index contributed by atoms with van der Waals surface area (Å²) in [4.78, 5) is 11.8. The van der Waals surface area contributed by atoms with Crippen LogP contribution in [0.2, 0.25) is 0 Å². The average molecular weight is 599 g/mol. The van der Waals surface area contributed by atoms with Gasteiger partial charge >= 0.3 is 5.97 Å². The fourth-order valence-electron chi connectivity index (χ4n) is 5.15. The number of benzene rings is 4. The second-order valence-electron chi connectivity index (χ2n) is 10.5. The zero-order chi connectivity index (χ0) is 30.2. The third kappa shape index (κ3) is 7.65. The van der Waals surface area contributed by atoms with Gasteiger partial charge in [-0.1, -0.05) is 31.2 Å². The van der Waals surface area contributed by atoms with Crippen LogP contribution in [0.4, 0.5) is 0 Å². The molecular weight excluding hydrogens is 560 g/mol. The molecule has 0 radical (unpaired) electrons. The van der Waals surface area contributed by atoms with E-state index in [1.165, 1.54) is 0 Å². The Bertz CT molecular complexity index is 1530. The zero-order valence-corrected chi connectivity index (χ0v) is 26.0. The van der Waals surface area contributed by atoms with E-state index in [0.717, 1.165) is 62.8 Å². The Hall–Kier alpha value is -4.10. The van der Waals surface area contributed by atoms with Gasteiger partial charge in [-0.3, -0.25) is 4.79 Å². The normalized spacial score (nSPS) is 13.6. The Kier molecular flexibility index (Phi) is 10.2. The number of thioether (sulfide) groups is 1. The fraction of sp³-hybridized carbons (Fsp3) is 0.306. The molecule has 0 aromatic heterocycles. The topological polar surface area (TPSA) is 63.2 Å². The molecule has 1 heterocycles. The van der Waals surface area contributed by atoms with E-state index >= 15 is 0 Å². The molecule has 1 atom stereocenters. The number of fused-ring (bicyclic) bond motifs is 1. The summed E-state index contributed by atoms with van der Waals surface area (Å²) >= 11 is 1.83. The smallest absolute Gasteiger partial charge is 0.306 e. The highest BCUT2D eigenvalue weighted by atomic mass is 32.2. The summed E-state index contributed by atoms with van der Waals surface area (Å²) in [5.41, 5.74) is 6.20. The van der Waals surface area contributed by atoms with Crippen LogP contribution in [0.5, 0.6) is 28.7 Å². The van der Waals surface area contributed by atoms with Crippen molar-refractivity contribution in [2.75, 3.05) is 25.2 Å². The SMILES string of the molecule is CCC(=O)O[C@@H]1COc2cc(OCc3ccc(Oc4ccccc4)c(-c4c(C)cc(OCCCSC)cc4C)c3)ccc21. The first-order chi connectivity index (χ1) is 20.9. The maximum atomic E-state index is 11.8. The van der Waals surface area contributed by atoms with Crippen molar-refractivity contribution < 1.29 is 28.5 Å². The van der Waals surface area contributed by atoms with E-state index in [1.807, 2.05) is 72.4 Å². The van der Waals surface area contributed by atoms with Crippen LogP contribution in [0.15, 0.2) is 78.9 Å². The van der Waals surface area contributed by atoms with Crippen molar-refractivity contribution >= 4 is 17.7 Å². The molecule has 0 aliphatic carbocycles. The van der Waals surface area contributed by atoms with Gasteiger partial charge in [-0.2, -0.15) is 11.8 Å². The first-order valence-electron chi connectivity index (χ1n) is 14.6. The maximum absolute atomic E-state index is 11.8. The highest BCUT2D eigenvalue weighted by Crippen LogP contribution is 2.40. The molecule has 43 heavy (non-hydrogen) atoms. The minimum atomic E-state index is -0.380. The van der Waals surface area contributed by atoms with E-state index in [0.29, 0.717) is 37.7 Å². The van der Waals surface area contributed by atoms with Gasteiger partial charge in [-0.15, -0.1) is 0 Å². The number of para-hydroxylation sites is 1. The van der Waals surface area contributed by atoms with E-state index in [4.69, 9.17) is 23.7 Å². The monoisotopic (exact) mass is 598 g/mol. The molecule has 4 aromatic carbocycles. The minimum absolute atomic E-state index is 0.240. The lowest BCUT2D eigenvalue weighted by Crippen LogP contribution is -2.11. The molecule has 0 spiro atoms. The standard InChI is InChI=1S/C36H38O6S/c1-5-35(37)42-34-23-40-33-21-28(13-14-30(33)34)39-22-26-12-15-32(41-27-10-7-6-8-11-27)31(20-26)36-24(2)18-29(19-25(36)3)38-16-9-17-43-4/h6-8,10-15,18-21,34H,5,9,16-17,22-23H2,1-4H3/t34-/m1/s1. The van der Waals surface area contributed by atoms with Gasteiger partial charge in [0, 0.05) is 23.6 Å². The second-order valence-corrected chi connectivity index (χ2v) is 11.5. The summed E-state index contributed by atoms with van der Waals surface area (Å²) in [6.45, 7) is 7.39. The van der Waals surface area contributed by atoms with Gasteiger partial charge in [0.2, 0.25) is 0 Å². The molecular formula is C36H38O6S. The van der Waals surface area contributed by atoms with E-state index in [9.17, 15) is 4.79 Å². The summed E-state index contributed by atoms with van der Waals surface area (Å²) in [7, 11) is 0. The number of aryl methyl sites for hydroxylation is 2. The molecule has 0 unspecified atom stereocenters. The molecule has 1 aliphatic heterocycles. The predicted octanol–water partition coefficient (Wildman–Crippen LogP) is 8.86. The van der Waals surface area contributed by atoms with Crippen LogP contribution in [-0.4, -0.2) is 31.2 Å². The van der Waals surface area contributed by atoms with Gasteiger partial charge in [0.1, 0.15) is 42.0 Å². The van der Waals surface area contributed by atoms with Crippen molar-refractivity contribution in [1.82, 2.24) is 0 Å². The fourth-order valence-corrected chi connectivity index (χ4v) is 5.56. The highest BCUT2D eigenvalue weighted by molar-refractivity contribution is 7.98. The third-order valence-electron chi connectivity index (χ3n) is 7.24. The molecule has 1 aliphatic rings. The van der Waals surface area contributed by atoms with Crippen molar-refractivity contribution in [2.24, 2.45) is 0 Å². The molecule has 0 bridgehead atoms. The van der Waals surface area contributed by atoms with E-state index in [1.54, 1.807) is 6.92 Å². The van der Waals surface area contributed by atoms with Gasteiger partial charge < -0.3 is 23.7 Å². The average Bonchev–Trinajstić information content (AvgIpc) is 3.41. The number of ether oxygens (including phenoxy) is 5. The van der Waals surface area contributed by atoms with Crippen LogP contribution in [-0.2, 0) is 16.1 Å². The summed E-state index contributed by atoms with van der Waals surface area (Å²) in [6, 6.07) is 25.8. The number of rotatable bonds is 13. The minimum Gasteiger partial charge on any atom is -0.494 e. The molecule has 6 nitrogen and oxygen atoms in total. The van der Waals surface area contributed by atoms with Crippen LogP contribution >= 0.6 is 11.8 Å². The third-order valence-corrected chi connectivity index (χ3v) is 7.94. The number of carbonyl (C=O) groups is 1. The molecule has 0 fully saturated rings. The maximum Gasteiger partial charge on any atom is 0.306 e. The second kappa shape index (κ2) is 14.4. The van der Waals surface area contributed by atoms with Crippen LogP contribution in [0.1, 0.15) is 48.1 Å². The Morgan fingerprint density at radius 2 is 1.70 bits per heavy atom. The Morgan fingerprint density at radius 1 is 0.907 bits per heavy atom. The van der Waals surface area contributed by atoms with Gasteiger partial charge in [0.25, 0.3) is 0 Å². The van der Waals surface area contributed by atoms with Crippen molar-refractivity contribution in [3.05, 3.63) is 101 Å². The molecule has 224 valence electrons. The van der Waals surface area contributed by atoms with Crippen LogP contribution in [0.25, 0.3) is 11.1 Å². The quantitative estimate of drug-likeness (QED) is 0.113. The molecule has 0 saturated carbocycles. The number of carbonyl (C=O) groups excluding carboxylic acids is 1. The zero-order valence-electron chi connectivity index (χ0n) is 25.2. The summed E-state index contributed by atoms with van der Waals surface area (Å²) in [5.74, 6) is 4.64. The lowest BCUT2D eigenvalue weighted by atomic mass is 9.93. The lowest BCUT2D eigenvalue weighted by molar-refractivity contribution is -0.149. The number of hydrogen-bond acceptors (Lipinski definition) is 7. The van der Waals surface area contributed by atoms with Gasteiger partial charge in [0.05, 0.1) is 6.61 Å². The summed E-state index contributed by atoms with van der Waals surface area (Å²) in [5, 5.41) is 0. The predicted molar refractivity (Wildman–Crippen MR) is 172 cm³/mol. The van der Waals surface area contributed by atoms with Crippen molar-refractivity contribution in [3.63, 3.8) is 0 Å². The largest absolute Gasteiger partial charge is 0.494 e. The Labute approximate surface area is 258 Å². The van der Waals surface area contributed by atoms with Crippen molar-refractivity contribution in [3.8, 4) is 39.9 Å². The van der Waals surface area contributed by atoms with Gasteiger partial charge in [0.15, 0.2) is 6.10 Å². The molecule has 5 rings (SSSR count). The van der Waals surface area contributed by atoms with Crippen LogP contribution < -0.4 is 18.9 Å². The summed E-state index contributed by atoms with van der Waals surface area (Å²) < 4.78 is 29.9. The van der Waals surface area contributed by atoms with E-state index < -0.39 is 0 Å². The molecule has 4 aromatic rings. The van der Waals surface area contributed by atoms with Crippen molar-refractivity contribution in [1.29, 1.82) is 0 Å². The first-order valence-corrected chi connectivity index (χ1v) is 16.0. The number of esters is 1. The Morgan fingerprint density at radius 3 is 2.44 bits per heavy atom. The lowest BCUT2D eigenvalue weighted by Gasteiger charge is -2.18. The van der Waals surface area contributed by atoms with E-state index in [-0.39, 0.29) is 12.1 Å². The Balaban J connectivity index is 1.38.